The fraction of sp³-hybridized carbons (Fsp3) is 0.542. The zero-order valence-corrected chi connectivity index (χ0v) is 17.7. The molecule has 0 bridgehead atoms. The number of rotatable bonds is 8. The standard InChI is InChI=1S/C24H34O3/c1-15(2)18-11-19(16(3)4)13-20(12-18)24(6)21(22(24)14-27-7)9-8-17(5)10-23(25)26/h8-13,15-16,21-22H,14H2,1-7H3,(H,25,26)/t21-,22+,24+/m1/s1. The lowest BCUT2D eigenvalue weighted by Gasteiger charge is -2.19. The molecule has 2 rings (SSSR count). The van der Waals surface area contributed by atoms with Gasteiger partial charge in [-0.2, -0.15) is 0 Å². The SMILES string of the molecule is COC[C@H]1[C@@H](C=CC(C)=CC(=O)O)[C@]1(C)c1cc(C(C)C)cc(C(C)C)c1. The summed E-state index contributed by atoms with van der Waals surface area (Å²) in [5, 5.41) is 8.92. The predicted octanol–water partition coefficient (Wildman–Crippen LogP) is 5.67. The van der Waals surface area contributed by atoms with E-state index < -0.39 is 5.97 Å². The average molecular weight is 371 g/mol. The number of benzene rings is 1. The van der Waals surface area contributed by atoms with Crippen LogP contribution in [0.5, 0.6) is 0 Å². The smallest absolute Gasteiger partial charge is 0.328 e. The second-order valence-electron chi connectivity index (χ2n) is 8.65. The van der Waals surface area contributed by atoms with Crippen LogP contribution in [0, 0.1) is 11.8 Å². The van der Waals surface area contributed by atoms with Gasteiger partial charge in [-0.15, -0.1) is 0 Å². The highest BCUT2D eigenvalue weighted by Crippen LogP contribution is 2.61. The number of aliphatic carboxylic acids is 1. The lowest BCUT2D eigenvalue weighted by Crippen LogP contribution is -2.10. The molecule has 0 spiro atoms. The van der Waals surface area contributed by atoms with E-state index in [0.29, 0.717) is 30.3 Å². The molecule has 0 saturated heterocycles. The van der Waals surface area contributed by atoms with E-state index in [1.54, 1.807) is 7.11 Å². The number of hydrogen-bond donors (Lipinski definition) is 1. The summed E-state index contributed by atoms with van der Waals surface area (Å²) in [5.41, 5.74) is 4.90. The first-order valence-corrected chi connectivity index (χ1v) is 9.85. The van der Waals surface area contributed by atoms with Gasteiger partial charge in [-0.1, -0.05) is 65.0 Å². The second-order valence-corrected chi connectivity index (χ2v) is 8.65. The Morgan fingerprint density at radius 1 is 1.19 bits per heavy atom. The Morgan fingerprint density at radius 2 is 1.74 bits per heavy atom. The maximum atomic E-state index is 10.9. The maximum Gasteiger partial charge on any atom is 0.328 e. The van der Waals surface area contributed by atoms with Gasteiger partial charge in [-0.3, -0.25) is 0 Å². The van der Waals surface area contributed by atoms with Crippen molar-refractivity contribution in [3.8, 4) is 0 Å². The first kappa shape index (κ1) is 21.4. The van der Waals surface area contributed by atoms with E-state index in [4.69, 9.17) is 9.84 Å². The molecule has 1 aliphatic rings. The molecule has 0 unspecified atom stereocenters. The summed E-state index contributed by atoms with van der Waals surface area (Å²) in [6.07, 6.45) is 5.34. The zero-order chi connectivity index (χ0) is 20.4. The molecule has 1 fully saturated rings. The molecule has 0 aromatic heterocycles. The lowest BCUT2D eigenvalue weighted by molar-refractivity contribution is -0.131. The van der Waals surface area contributed by atoms with Crippen molar-refractivity contribution in [2.24, 2.45) is 11.8 Å². The van der Waals surface area contributed by atoms with Gasteiger partial charge in [0.1, 0.15) is 0 Å². The number of hydrogen-bond acceptors (Lipinski definition) is 2. The van der Waals surface area contributed by atoms with Gasteiger partial charge in [0.05, 0.1) is 6.61 Å². The predicted molar refractivity (Wildman–Crippen MR) is 111 cm³/mol. The van der Waals surface area contributed by atoms with E-state index in [-0.39, 0.29) is 5.41 Å². The van der Waals surface area contributed by atoms with Crippen LogP contribution >= 0.6 is 0 Å². The van der Waals surface area contributed by atoms with Crippen LogP contribution in [-0.4, -0.2) is 24.8 Å². The molecule has 0 heterocycles. The van der Waals surface area contributed by atoms with Gasteiger partial charge in [0, 0.05) is 18.6 Å². The lowest BCUT2D eigenvalue weighted by atomic mass is 9.86. The van der Waals surface area contributed by atoms with E-state index in [1.807, 2.05) is 13.0 Å². The third-order valence-electron chi connectivity index (χ3n) is 5.98. The second kappa shape index (κ2) is 8.43. The van der Waals surface area contributed by atoms with Gasteiger partial charge in [-0.25, -0.2) is 4.79 Å². The third-order valence-corrected chi connectivity index (χ3v) is 5.98. The van der Waals surface area contributed by atoms with E-state index in [2.05, 4.69) is 58.9 Å². The molecule has 148 valence electrons. The summed E-state index contributed by atoms with van der Waals surface area (Å²) >= 11 is 0. The van der Waals surface area contributed by atoms with Gasteiger partial charge >= 0.3 is 5.97 Å². The Balaban J connectivity index is 2.42. The van der Waals surface area contributed by atoms with Crippen LogP contribution in [0.3, 0.4) is 0 Å². The van der Waals surface area contributed by atoms with E-state index in [9.17, 15) is 4.79 Å². The summed E-state index contributed by atoms with van der Waals surface area (Å²) in [5.74, 6) is 0.812. The van der Waals surface area contributed by atoms with Crippen LogP contribution in [0.25, 0.3) is 0 Å². The van der Waals surface area contributed by atoms with Crippen molar-refractivity contribution in [1.82, 2.24) is 0 Å². The average Bonchev–Trinajstić information content (AvgIpc) is 3.16. The van der Waals surface area contributed by atoms with E-state index in [1.165, 1.54) is 22.8 Å². The van der Waals surface area contributed by atoms with Crippen molar-refractivity contribution >= 4 is 5.97 Å². The normalized spacial score (nSPS) is 25.6. The summed E-state index contributed by atoms with van der Waals surface area (Å²) in [4.78, 5) is 10.9. The molecular weight excluding hydrogens is 336 g/mol. The van der Waals surface area contributed by atoms with Gasteiger partial charge in [0.15, 0.2) is 0 Å². The number of allylic oxidation sites excluding steroid dienone is 3. The van der Waals surface area contributed by atoms with Crippen LogP contribution in [0.1, 0.15) is 70.1 Å². The number of methoxy groups -OCH3 is 1. The number of carboxylic acid groups (broad SMARTS) is 1. The molecule has 3 nitrogen and oxygen atoms in total. The zero-order valence-electron chi connectivity index (χ0n) is 17.7. The van der Waals surface area contributed by atoms with Crippen LogP contribution in [-0.2, 0) is 14.9 Å². The molecule has 27 heavy (non-hydrogen) atoms. The highest BCUT2D eigenvalue weighted by Gasteiger charge is 2.60. The minimum absolute atomic E-state index is 0.0184. The Bertz CT molecular complexity index is 716. The molecule has 1 aromatic carbocycles. The van der Waals surface area contributed by atoms with Crippen molar-refractivity contribution in [3.05, 3.63) is 58.7 Å². The van der Waals surface area contributed by atoms with Gasteiger partial charge < -0.3 is 9.84 Å². The van der Waals surface area contributed by atoms with Crippen molar-refractivity contribution in [3.63, 3.8) is 0 Å². The van der Waals surface area contributed by atoms with Crippen LogP contribution in [0.15, 0.2) is 42.0 Å². The number of carbonyl (C=O) groups is 1. The molecule has 1 N–H and O–H groups in total. The third kappa shape index (κ3) is 4.70. The van der Waals surface area contributed by atoms with Crippen molar-refractivity contribution in [1.29, 1.82) is 0 Å². The number of carboxylic acids is 1. The Hall–Kier alpha value is -1.87. The fourth-order valence-electron chi connectivity index (χ4n) is 3.99. The van der Waals surface area contributed by atoms with Gasteiger partial charge in [0.25, 0.3) is 0 Å². The molecule has 1 aliphatic carbocycles. The molecule has 1 aromatic rings. The Morgan fingerprint density at radius 3 is 2.19 bits per heavy atom. The van der Waals surface area contributed by atoms with Crippen LogP contribution in [0.4, 0.5) is 0 Å². The molecular formula is C24H34O3. The minimum Gasteiger partial charge on any atom is -0.478 e. The summed E-state index contributed by atoms with van der Waals surface area (Å²) < 4.78 is 5.50. The molecule has 0 aliphatic heterocycles. The van der Waals surface area contributed by atoms with Gasteiger partial charge in [-0.05, 0) is 52.9 Å². The van der Waals surface area contributed by atoms with E-state index in [0.717, 1.165) is 5.57 Å². The van der Waals surface area contributed by atoms with Crippen molar-refractivity contribution in [2.45, 2.75) is 58.8 Å². The molecule has 3 atom stereocenters. The Kier molecular flexibility index (Phi) is 6.69. The Labute approximate surface area is 164 Å². The van der Waals surface area contributed by atoms with Crippen molar-refractivity contribution < 1.29 is 14.6 Å². The summed E-state index contributed by atoms with van der Waals surface area (Å²) in [6, 6.07) is 7.04. The summed E-state index contributed by atoms with van der Waals surface area (Å²) in [7, 11) is 1.75. The molecule has 0 amide bonds. The topological polar surface area (TPSA) is 46.5 Å². The van der Waals surface area contributed by atoms with E-state index >= 15 is 0 Å². The van der Waals surface area contributed by atoms with Gasteiger partial charge in [0.2, 0.25) is 0 Å². The monoisotopic (exact) mass is 370 g/mol. The van der Waals surface area contributed by atoms with Crippen LogP contribution < -0.4 is 0 Å². The minimum atomic E-state index is -0.907. The maximum absolute atomic E-state index is 10.9. The molecule has 3 heteroatoms. The highest BCUT2D eigenvalue weighted by molar-refractivity contribution is 5.81. The fourth-order valence-corrected chi connectivity index (χ4v) is 3.99. The highest BCUT2D eigenvalue weighted by atomic mass is 16.5. The van der Waals surface area contributed by atoms with Crippen LogP contribution in [0.2, 0.25) is 0 Å². The van der Waals surface area contributed by atoms with Crippen molar-refractivity contribution in [2.75, 3.05) is 13.7 Å². The quantitative estimate of drug-likeness (QED) is 0.474. The number of ether oxygens (including phenoxy) is 1. The molecule has 1 saturated carbocycles. The molecule has 0 radical (unpaired) electrons. The first-order chi connectivity index (χ1) is 12.6. The first-order valence-electron chi connectivity index (χ1n) is 9.85. The summed E-state index contributed by atoms with van der Waals surface area (Å²) in [6.45, 7) is 13.8. The largest absolute Gasteiger partial charge is 0.478 e.